The van der Waals surface area contributed by atoms with Gasteiger partial charge in [-0.15, -0.1) is 11.6 Å². The molecule has 0 heterocycles. The summed E-state index contributed by atoms with van der Waals surface area (Å²) in [5.41, 5.74) is 1.11. The smallest absolute Gasteiger partial charge is 1.00 e. The molecule has 0 spiro atoms. The zero-order chi connectivity index (χ0) is 9.52. The number of halogens is 1. The third-order valence-electron chi connectivity index (χ3n) is 1.71. The number of rotatable bonds is 5. The number of aryl methyl sites for hydroxylation is 1. The summed E-state index contributed by atoms with van der Waals surface area (Å²) in [7, 11) is 0. The predicted molar refractivity (Wildman–Crippen MR) is 57.8 cm³/mol. The van der Waals surface area contributed by atoms with Crippen LogP contribution < -0.4 is 21.7 Å². The van der Waals surface area contributed by atoms with Gasteiger partial charge in [0.1, 0.15) is 6.61 Å². The Morgan fingerprint density at radius 1 is 1.33 bits per heavy atom. The van der Waals surface area contributed by atoms with Gasteiger partial charge in [-0.05, 0) is 6.92 Å². The van der Waals surface area contributed by atoms with E-state index in [4.69, 9.17) is 9.47 Å². The topological polar surface area (TPSA) is 18.5 Å². The minimum absolute atomic E-state index is 0. The van der Waals surface area contributed by atoms with Crippen LogP contribution in [0.2, 0.25) is 0 Å². The van der Waals surface area contributed by atoms with Crippen molar-refractivity contribution in [2.24, 2.45) is 0 Å². The summed E-state index contributed by atoms with van der Waals surface area (Å²) in [5, 5.41) is 0. The third kappa shape index (κ3) is 7.17. The molecule has 2 nitrogen and oxygen atoms in total. The SMILES string of the molecule is CCOCCOc1cc[c-]cc1C.[Br-].[Mg+2]. The van der Waals surface area contributed by atoms with E-state index < -0.39 is 0 Å². The molecule has 0 radical (unpaired) electrons. The van der Waals surface area contributed by atoms with Crippen LogP contribution in [-0.2, 0) is 4.74 Å². The first kappa shape index (κ1) is 17.6. The van der Waals surface area contributed by atoms with Gasteiger partial charge >= 0.3 is 23.1 Å². The maximum atomic E-state index is 5.49. The number of hydrogen-bond acceptors (Lipinski definition) is 2. The summed E-state index contributed by atoms with van der Waals surface area (Å²) in [6, 6.07) is 8.67. The second-order valence-electron chi connectivity index (χ2n) is 2.74. The van der Waals surface area contributed by atoms with E-state index in [9.17, 15) is 0 Å². The molecule has 80 valence electrons. The number of ether oxygens (including phenoxy) is 2. The van der Waals surface area contributed by atoms with E-state index in [0.29, 0.717) is 13.2 Å². The van der Waals surface area contributed by atoms with E-state index >= 15 is 0 Å². The fourth-order valence-electron chi connectivity index (χ4n) is 1.02. The van der Waals surface area contributed by atoms with Gasteiger partial charge in [-0.2, -0.15) is 18.2 Å². The molecule has 0 unspecified atom stereocenters. The predicted octanol–water partition coefficient (Wildman–Crippen LogP) is -1.17. The van der Waals surface area contributed by atoms with Crippen LogP contribution in [0.15, 0.2) is 18.2 Å². The third-order valence-corrected chi connectivity index (χ3v) is 1.71. The van der Waals surface area contributed by atoms with E-state index in [-0.39, 0.29) is 40.0 Å². The molecule has 0 aliphatic carbocycles. The maximum absolute atomic E-state index is 5.49. The number of benzene rings is 1. The standard InChI is InChI=1S/C11H15O2.BrH.Mg/c1-3-12-8-9-13-11-7-5-4-6-10(11)2;;/h5-7H,3,8-9H2,1-2H3;1H;/q-1;;+2/p-1. The first-order valence-electron chi connectivity index (χ1n) is 4.52. The molecule has 0 aliphatic rings. The van der Waals surface area contributed by atoms with Gasteiger partial charge in [0.25, 0.3) is 0 Å². The molecule has 15 heavy (non-hydrogen) atoms. The second kappa shape index (κ2) is 10.7. The van der Waals surface area contributed by atoms with Gasteiger partial charge < -0.3 is 26.5 Å². The molecule has 0 N–H and O–H groups in total. The normalized spacial score (nSPS) is 8.67. The fourth-order valence-corrected chi connectivity index (χ4v) is 1.02. The van der Waals surface area contributed by atoms with E-state index in [1.54, 1.807) is 0 Å². The molecule has 4 heteroatoms. The summed E-state index contributed by atoms with van der Waals surface area (Å²) in [5.74, 6) is 0.915. The van der Waals surface area contributed by atoms with Gasteiger partial charge in [0.05, 0.1) is 6.61 Å². The second-order valence-corrected chi connectivity index (χ2v) is 2.74. The Balaban J connectivity index is 0. The summed E-state index contributed by atoms with van der Waals surface area (Å²) in [4.78, 5) is 0. The van der Waals surface area contributed by atoms with Gasteiger partial charge in [0, 0.05) is 12.4 Å². The Hall–Kier alpha value is 0.226. The van der Waals surface area contributed by atoms with Crippen LogP contribution in [0, 0.1) is 13.0 Å². The number of hydrogen-bond donors (Lipinski definition) is 0. The van der Waals surface area contributed by atoms with Crippen molar-refractivity contribution in [2.75, 3.05) is 19.8 Å². The van der Waals surface area contributed by atoms with Crippen molar-refractivity contribution in [3.05, 3.63) is 29.8 Å². The molecule has 1 rings (SSSR count). The molecule has 0 atom stereocenters. The maximum Gasteiger partial charge on any atom is 2.00 e. The zero-order valence-electron chi connectivity index (χ0n) is 9.25. The van der Waals surface area contributed by atoms with Gasteiger partial charge in [-0.1, -0.05) is 6.92 Å². The average molecular weight is 283 g/mol. The van der Waals surface area contributed by atoms with Crippen molar-refractivity contribution in [3.8, 4) is 5.75 Å². The Bertz CT molecular complexity index is 256. The van der Waals surface area contributed by atoms with Crippen molar-refractivity contribution in [1.82, 2.24) is 0 Å². The van der Waals surface area contributed by atoms with Crippen LogP contribution in [0.4, 0.5) is 0 Å². The molecular formula is C11H15BrMgO2. The molecule has 0 aromatic heterocycles. The fraction of sp³-hybridized carbons (Fsp3) is 0.455. The van der Waals surface area contributed by atoms with Gasteiger partial charge in [-0.25, -0.2) is 0 Å². The molecule has 0 fully saturated rings. The van der Waals surface area contributed by atoms with Crippen molar-refractivity contribution >= 4 is 23.1 Å². The first-order valence-corrected chi connectivity index (χ1v) is 4.52. The molecule has 1 aromatic rings. The Kier molecular flexibility index (Phi) is 12.6. The molecule has 0 saturated carbocycles. The summed E-state index contributed by atoms with van der Waals surface area (Å²) in [6.07, 6.45) is 0. The summed E-state index contributed by atoms with van der Waals surface area (Å²) in [6.45, 7) is 5.98. The first-order chi connectivity index (χ1) is 6.34. The van der Waals surface area contributed by atoms with Crippen LogP contribution in [0.25, 0.3) is 0 Å². The Morgan fingerprint density at radius 3 is 2.67 bits per heavy atom. The van der Waals surface area contributed by atoms with Crippen molar-refractivity contribution in [1.29, 1.82) is 0 Å². The molecular weight excluding hydrogens is 268 g/mol. The zero-order valence-corrected chi connectivity index (χ0v) is 12.3. The minimum Gasteiger partial charge on any atom is -1.00 e. The molecule has 0 aliphatic heterocycles. The van der Waals surface area contributed by atoms with E-state index in [1.165, 1.54) is 0 Å². The van der Waals surface area contributed by atoms with Crippen LogP contribution >= 0.6 is 0 Å². The largest absolute Gasteiger partial charge is 2.00 e. The van der Waals surface area contributed by atoms with Crippen LogP contribution in [0.3, 0.4) is 0 Å². The van der Waals surface area contributed by atoms with Crippen LogP contribution in [0.5, 0.6) is 5.75 Å². The molecule has 0 bridgehead atoms. The molecule has 1 aromatic carbocycles. The van der Waals surface area contributed by atoms with Crippen molar-refractivity contribution in [3.63, 3.8) is 0 Å². The van der Waals surface area contributed by atoms with E-state index in [0.717, 1.165) is 17.9 Å². The van der Waals surface area contributed by atoms with Crippen LogP contribution in [-0.4, -0.2) is 42.9 Å². The quantitative estimate of drug-likeness (QED) is 0.385. The Morgan fingerprint density at radius 2 is 2.07 bits per heavy atom. The molecule has 0 saturated heterocycles. The Labute approximate surface area is 118 Å². The summed E-state index contributed by atoms with van der Waals surface area (Å²) >= 11 is 0. The molecule has 0 amide bonds. The van der Waals surface area contributed by atoms with Gasteiger partial charge in [0.2, 0.25) is 0 Å². The van der Waals surface area contributed by atoms with Gasteiger partial charge in [0.15, 0.2) is 0 Å². The average Bonchev–Trinajstić information content (AvgIpc) is 2.15. The van der Waals surface area contributed by atoms with Crippen molar-refractivity contribution in [2.45, 2.75) is 13.8 Å². The monoisotopic (exact) mass is 282 g/mol. The summed E-state index contributed by atoms with van der Waals surface area (Å²) < 4.78 is 10.7. The van der Waals surface area contributed by atoms with Crippen molar-refractivity contribution < 1.29 is 26.5 Å². The van der Waals surface area contributed by atoms with E-state index in [2.05, 4.69) is 6.07 Å². The minimum atomic E-state index is 0. The van der Waals surface area contributed by atoms with E-state index in [1.807, 2.05) is 32.0 Å². The van der Waals surface area contributed by atoms with Crippen LogP contribution in [0.1, 0.15) is 12.5 Å². The van der Waals surface area contributed by atoms with Gasteiger partial charge in [-0.3, -0.25) is 0 Å².